The van der Waals surface area contributed by atoms with Crippen LogP contribution in [-0.4, -0.2) is 15.2 Å². The number of oxime groups is 1. The Morgan fingerprint density at radius 2 is 2.33 bits per heavy atom. The molecule has 0 atom stereocenters. The zero-order chi connectivity index (χ0) is 10.7. The quantitative estimate of drug-likeness (QED) is 0.271. The highest BCUT2D eigenvalue weighted by Gasteiger charge is 2.07. The van der Waals surface area contributed by atoms with Crippen LogP contribution in [0, 0.1) is 11.3 Å². The molecule has 0 aliphatic carbocycles. The van der Waals surface area contributed by atoms with Crippen molar-refractivity contribution < 1.29 is 5.21 Å². The molecule has 1 N–H and O–H groups in total. The average molecular weight is 235 g/mol. The summed E-state index contributed by atoms with van der Waals surface area (Å²) in [7, 11) is 0. The smallest absolute Gasteiger partial charge is 0.219 e. The van der Waals surface area contributed by atoms with Gasteiger partial charge in [0, 0.05) is 0 Å². The summed E-state index contributed by atoms with van der Waals surface area (Å²) in [5.41, 5.74) is 0.889. The van der Waals surface area contributed by atoms with Gasteiger partial charge in [-0.05, 0) is 23.9 Å². The van der Waals surface area contributed by atoms with Gasteiger partial charge >= 0.3 is 0 Å². The number of nitrogens with zero attached hydrogens (tertiary/aromatic N) is 3. The van der Waals surface area contributed by atoms with E-state index in [-0.39, 0.29) is 5.04 Å². The van der Waals surface area contributed by atoms with Crippen molar-refractivity contribution in [3.63, 3.8) is 0 Å². The molecule has 0 amide bonds. The van der Waals surface area contributed by atoms with Crippen molar-refractivity contribution in [2.24, 2.45) is 5.16 Å². The summed E-state index contributed by atoms with van der Waals surface area (Å²) in [4.78, 5) is 4.29. The highest BCUT2D eigenvalue weighted by Crippen LogP contribution is 2.29. The number of thiazole rings is 1. The van der Waals surface area contributed by atoms with Crippen LogP contribution in [0.4, 0.5) is 0 Å². The van der Waals surface area contributed by atoms with Crippen molar-refractivity contribution in [3.8, 4) is 6.07 Å². The zero-order valence-corrected chi connectivity index (χ0v) is 9.05. The first-order chi connectivity index (χ1) is 7.33. The van der Waals surface area contributed by atoms with Crippen molar-refractivity contribution >= 4 is 38.4 Å². The summed E-state index contributed by atoms with van der Waals surface area (Å²) in [6.45, 7) is 0. The van der Waals surface area contributed by atoms with Crippen LogP contribution >= 0.6 is 23.1 Å². The Labute approximate surface area is 93.9 Å². The second-order valence-electron chi connectivity index (χ2n) is 2.57. The number of benzene rings is 1. The van der Waals surface area contributed by atoms with Gasteiger partial charge in [-0.2, -0.15) is 5.26 Å². The third-order valence-electron chi connectivity index (χ3n) is 1.64. The van der Waals surface area contributed by atoms with Crippen LogP contribution < -0.4 is 0 Å². The molecule has 0 fully saturated rings. The molecule has 0 saturated carbocycles. The fraction of sp³-hybridized carbons (Fsp3) is 0. The Morgan fingerprint density at radius 1 is 1.53 bits per heavy atom. The normalized spacial score (nSPS) is 11.5. The highest BCUT2D eigenvalue weighted by molar-refractivity contribution is 8.15. The lowest BCUT2D eigenvalue weighted by Gasteiger charge is -1.87. The van der Waals surface area contributed by atoms with Gasteiger partial charge in [0.05, 0.1) is 10.2 Å². The van der Waals surface area contributed by atoms with E-state index in [1.807, 2.05) is 24.3 Å². The number of fused-ring (bicyclic) bond motifs is 1. The summed E-state index contributed by atoms with van der Waals surface area (Å²) in [6, 6.07) is 9.47. The molecular formula is C9H5N3OS2. The van der Waals surface area contributed by atoms with Gasteiger partial charge in [-0.3, -0.25) is 0 Å². The van der Waals surface area contributed by atoms with Crippen molar-refractivity contribution in [2.75, 3.05) is 0 Å². The van der Waals surface area contributed by atoms with Crippen LogP contribution in [0.1, 0.15) is 0 Å². The highest BCUT2D eigenvalue weighted by atomic mass is 32.2. The van der Waals surface area contributed by atoms with Gasteiger partial charge in [-0.15, -0.1) is 11.3 Å². The second-order valence-corrected chi connectivity index (χ2v) is 4.83. The molecule has 2 aromatic rings. The van der Waals surface area contributed by atoms with Crippen LogP contribution in [0.5, 0.6) is 0 Å². The van der Waals surface area contributed by atoms with E-state index >= 15 is 0 Å². The summed E-state index contributed by atoms with van der Waals surface area (Å²) in [5, 5.41) is 19.9. The Morgan fingerprint density at radius 3 is 3.00 bits per heavy atom. The average Bonchev–Trinajstić information content (AvgIpc) is 2.68. The molecule has 1 aromatic heterocycles. The Bertz CT molecular complexity index is 523. The first-order valence-corrected chi connectivity index (χ1v) is 5.62. The van der Waals surface area contributed by atoms with Crippen molar-refractivity contribution in [1.29, 1.82) is 5.26 Å². The first kappa shape index (κ1) is 9.96. The fourth-order valence-corrected chi connectivity index (χ4v) is 2.81. The number of thioether (sulfide) groups is 1. The molecule has 0 aliphatic heterocycles. The molecule has 4 nitrogen and oxygen atoms in total. The maximum absolute atomic E-state index is 8.58. The van der Waals surface area contributed by atoms with Gasteiger partial charge in [0.25, 0.3) is 0 Å². The topological polar surface area (TPSA) is 69.3 Å². The van der Waals surface area contributed by atoms with Gasteiger partial charge < -0.3 is 5.21 Å². The third kappa shape index (κ3) is 2.09. The zero-order valence-electron chi connectivity index (χ0n) is 7.41. The molecule has 15 heavy (non-hydrogen) atoms. The summed E-state index contributed by atoms with van der Waals surface area (Å²) in [6.07, 6.45) is 0. The van der Waals surface area contributed by atoms with E-state index in [0.29, 0.717) is 4.34 Å². The minimum Gasteiger partial charge on any atom is -0.409 e. The monoisotopic (exact) mass is 235 g/mol. The fourth-order valence-electron chi connectivity index (χ4n) is 1.04. The molecule has 6 heteroatoms. The van der Waals surface area contributed by atoms with E-state index in [2.05, 4.69) is 10.1 Å². The molecule has 1 heterocycles. The molecule has 0 saturated heterocycles. The summed E-state index contributed by atoms with van der Waals surface area (Å²) >= 11 is 2.53. The van der Waals surface area contributed by atoms with Crippen LogP contribution in [-0.2, 0) is 0 Å². The van der Waals surface area contributed by atoms with E-state index in [0.717, 1.165) is 22.0 Å². The molecule has 0 aliphatic rings. The lowest BCUT2D eigenvalue weighted by atomic mass is 10.3. The standard InChI is InChI=1S/C9H5N3OS2/c10-5-8(12-13)15-9-11-6-3-1-2-4-7(6)14-9/h1-4,13H. The molecular weight excluding hydrogens is 230 g/mol. The van der Waals surface area contributed by atoms with Crippen molar-refractivity contribution in [2.45, 2.75) is 4.34 Å². The van der Waals surface area contributed by atoms with Gasteiger partial charge in [-0.1, -0.05) is 17.3 Å². The first-order valence-electron chi connectivity index (χ1n) is 3.99. The van der Waals surface area contributed by atoms with Gasteiger partial charge in [0.2, 0.25) is 5.04 Å². The molecule has 0 unspecified atom stereocenters. The number of rotatable bonds is 1. The molecule has 2 rings (SSSR count). The van der Waals surface area contributed by atoms with Crippen LogP contribution in [0.25, 0.3) is 10.2 Å². The van der Waals surface area contributed by atoms with E-state index in [1.54, 1.807) is 6.07 Å². The molecule has 0 radical (unpaired) electrons. The summed E-state index contributed by atoms with van der Waals surface area (Å²) < 4.78 is 1.75. The van der Waals surface area contributed by atoms with Crippen molar-refractivity contribution in [1.82, 2.24) is 4.98 Å². The van der Waals surface area contributed by atoms with Crippen LogP contribution in [0.15, 0.2) is 33.8 Å². The summed E-state index contributed by atoms with van der Waals surface area (Å²) in [5.74, 6) is 0. The van der Waals surface area contributed by atoms with E-state index in [9.17, 15) is 0 Å². The van der Waals surface area contributed by atoms with Crippen LogP contribution in [0.2, 0.25) is 0 Å². The second kappa shape index (κ2) is 4.29. The van der Waals surface area contributed by atoms with E-state index in [4.69, 9.17) is 10.5 Å². The predicted molar refractivity (Wildman–Crippen MR) is 60.3 cm³/mol. The molecule has 1 aromatic carbocycles. The van der Waals surface area contributed by atoms with Gasteiger partial charge in [0.1, 0.15) is 6.07 Å². The number of para-hydroxylation sites is 1. The van der Waals surface area contributed by atoms with Crippen molar-refractivity contribution in [3.05, 3.63) is 24.3 Å². The Hall–Kier alpha value is -1.58. The maximum Gasteiger partial charge on any atom is 0.219 e. The minimum atomic E-state index is -0.00550. The van der Waals surface area contributed by atoms with E-state index in [1.165, 1.54) is 11.3 Å². The Balaban J connectivity index is 2.34. The number of hydrogen-bond acceptors (Lipinski definition) is 6. The van der Waals surface area contributed by atoms with Gasteiger partial charge in [0.15, 0.2) is 4.34 Å². The molecule has 0 spiro atoms. The lowest BCUT2D eigenvalue weighted by Crippen LogP contribution is -1.84. The maximum atomic E-state index is 8.58. The third-order valence-corrected chi connectivity index (χ3v) is 3.61. The molecule has 74 valence electrons. The largest absolute Gasteiger partial charge is 0.409 e. The SMILES string of the molecule is N#CC(=NO)Sc1nc2ccccc2s1. The molecule has 0 bridgehead atoms. The predicted octanol–water partition coefficient (Wildman–Crippen LogP) is 2.70. The van der Waals surface area contributed by atoms with E-state index < -0.39 is 0 Å². The number of aromatic nitrogens is 1. The minimum absolute atomic E-state index is 0.00550. The number of hydrogen-bond donors (Lipinski definition) is 1. The lowest BCUT2D eigenvalue weighted by molar-refractivity contribution is 0.321. The van der Waals surface area contributed by atoms with Crippen LogP contribution in [0.3, 0.4) is 0 Å². The Kier molecular flexibility index (Phi) is 2.85. The van der Waals surface area contributed by atoms with Gasteiger partial charge in [-0.25, -0.2) is 4.98 Å². The number of nitriles is 1.